The minimum absolute atomic E-state index is 0.726. The number of aromatic nitrogens is 2. The molecule has 2 aromatic carbocycles. The van der Waals surface area contributed by atoms with Crippen molar-refractivity contribution in [3.8, 4) is 11.1 Å². The van der Waals surface area contributed by atoms with E-state index >= 15 is 0 Å². The number of hydrogen-bond acceptors (Lipinski definition) is 4. The van der Waals surface area contributed by atoms with Crippen LogP contribution in [0.25, 0.3) is 11.1 Å². The van der Waals surface area contributed by atoms with E-state index in [1.54, 1.807) is 0 Å². The summed E-state index contributed by atoms with van der Waals surface area (Å²) in [5.74, 6) is 0. The van der Waals surface area contributed by atoms with E-state index in [9.17, 15) is 0 Å². The summed E-state index contributed by atoms with van der Waals surface area (Å²) in [6, 6.07) is 21.3. The van der Waals surface area contributed by atoms with Gasteiger partial charge in [0.2, 0.25) is 0 Å². The monoisotopic (exact) mass is 386 g/mol. The molecule has 0 aliphatic rings. The molecular formula is C25H30N4. The number of hydrogen-bond donors (Lipinski definition) is 2. The van der Waals surface area contributed by atoms with Crippen LogP contribution in [-0.2, 0) is 19.4 Å². The van der Waals surface area contributed by atoms with Crippen molar-refractivity contribution in [2.45, 2.75) is 33.2 Å². The van der Waals surface area contributed by atoms with E-state index in [0.29, 0.717) is 0 Å². The van der Waals surface area contributed by atoms with Gasteiger partial charge in [0.25, 0.3) is 0 Å². The second-order valence-electron chi connectivity index (χ2n) is 7.36. The van der Waals surface area contributed by atoms with Crippen LogP contribution in [0.15, 0.2) is 72.9 Å². The Morgan fingerprint density at radius 2 is 1.62 bits per heavy atom. The summed E-state index contributed by atoms with van der Waals surface area (Å²) < 4.78 is 0. The number of benzene rings is 2. The van der Waals surface area contributed by atoms with E-state index in [0.717, 1.165) is 49.6 Å². The van der Waals surface area contributed by atoms with Gasteiger partial charge in [0, 0.05) is 25.3 Å². The van der Waals surface area contributed by atoms with Crippen LogP contribution in [0, 0.1) is 6.92 Å². The molecule has 150 valence electrons. The van der Waals surface area contributed by atoms with Gasteiger partial charge in [-0.2, -0.15) is 10.2 Å². The molecule has 4 heteroatoms. The predicted molar refractivity (Wildman–Crippen MR) is 121 cm³/mol. The van der Waals surface area contributed by atoms with Crippen molar-refractivity contribution in [3.05, 3.63) is 95.5 Å². The third-order valence-corrected chi connectivity index (χ3v) is 4.99. The van der Waals surface area contributed by atoms with Gasteiger partial charge in [-0.1, -0.05) is 55.1 Å². The van der Waals surface area contributed by atoms with Gasteiger partial charge in [-0.05, 0) is 61.1 Å². The van der Waals surface area contributed by atoms with Crippen LogP contribution in [-0.4, -0.2) is 23.3 Å². The van der Waals surface area contributed by atoms with Crippen molar-refractivity contribution < 1.29 is 0 Å². The van der Waals surface area contributed by atoms with Crippen molar-refractivity contribution in [1.82, 2.24) is 20.8 Å². The van der Waals surface area contributed by atoms with Crippen molar-refractivity contribution in [2.24, 2.45) is 0 Å². The lowest BCUT2D eigenvalue weighted by Crippen LogP contribution is -2.26. The predicted octanol–water partition coefficient (Wildman–Crippen LogP) is 4.45. The molecule has 0 unspecified atom stereocenters. The van der Waals surface area contributed by atoms with Crippen LogP contribution in [0.1, 0.15) is 29.4 Å². The zero-order valence-corrected chi connectivity index (χ0v) is 17.4. The van der Waals surface area contributed by atoms with E-state index in [2.05, 4.69) is 95.0 Å². The molecule has 3 aromatic rings. The fraction of sp³-hybridized carbons (Fsp3) is 0.280. The normalized spacial score (nSPS) is 10.7. The molecule has 3 rings (SSSR count). The highest BCUT2D eigenvalue weighted by atomic mass is 15.1. The maximum atomic E-state index is 4.41. The zero-order chi connectivity index (χ0) is 20.5. The first kappa shape index (κ1) is 20.7. The standard InChI is InChI=1S/C25H30N4/c1-19(2)27-17-16-26-18-24-15-14-23(28-29-24)13-12-21-10-7-11-25(20(21)3)22-8-5-4-6-9-22/h4-11,14-15,26-27H,1,12-13,16-18H2,2-3H3. The molecule has 4 nitrogen and oxygen atoms in total. The molecular weight excluding hydrogens is 356 g/mol. The van der Waals surface area contributed by atoms with Crippen LogP contribution >= 0.6 is 0 Å². The van der Waals surface area contributed by atoms with Crippen molar-refractivity contribution in [2.75, 3.05) is 13.1 Å². The fourth-order valence-electron chi connectivity index (χ4n) is 3.34. The second-order valence-corrected chi connectivity index (χ2v) is 7.36. The average Bonchev–Trinajstić information content (AvgIpc) is 2.74. The third kappa shape index (κ3) is 6.26. The lowest BCUT2D eigenvalue weighted by molar-refractivity contribution is 0.636. The molecule has 1 aromatic heterocycles. The number of allylic oxidation sites excluding steroid dienone is 1. The molecule has 29 heavy (non-hydrogen) atoms. The summed E-state index contributed by atoms with van der Waals surface area (Å²) in [5, 5.41) is 15.3. The highest BCUT2D eigenvalue weighted by Crippen LogP contribution is 2.26. The highest BCUT2D eigenvalue weighted by Gasteiger charge is 2.07. The quantitative estimate of drug-likeness (QED) is 0.506. The van der Waals surface area contributed by atoms with Gasteiger partial charge < -0.3 is 10.6 Å². The third-order valence-electron chi connectivity index (χ3n) is 4.99. The maximum absolute atomic E-state index is 4.41. The molecule has 0 atom stereocenters. The minimum Gasteiger partial charge on any atom is -0.388 e. The van der Waals surface area contributed by atoms with E-state index in [1.165, 1.54) is 22.3 Å². The Labute approximate surface area is 174 Å². The van der Waals surface area contributed by atoms with Crippen molar-refractivity contribution in [1.29, 1.82) is 0 Å². The van der Waals surface area contributed by atoms with Gasteiger partial charge >= 0.3 is 0 Å². The lowest BCUT2D eigenvalue weighted by Gasteiger charge is -2.11. The second kappa shape index (κ2) is 10.5. The summed E-state index contributed by atoms with van der Waals surface area (Å²) in [6.07, 6.45) is 1.85. The van der Waals surface area contributed by atoms with E-state index in [4.69, 9.17) is 0 Å². The summed E-state index contributed by atoms with van der Waals surface area (Å²) in [6.45, 7) is 10.5. The van der Waals surface area contributed by atoms with Crippen molar-refractivity contribution in [3.63, 3.8) is 0 Å². The molecule has 0 amide bonds. The molecule has 0 aliphatic heterocycles. The van der Waals surface area contributed by atoms with Crippen LogP contribution < -0.4 is 10.6 Å². The van der Waals surface area contributed by atoms with Gasteiger partial charge in [0.1, 0.15) is 0 Å². The molecule has 1 heterocycles. The smallest absolute Gasteiger partial charge is 0.0769 e. The van der Waals surface area contributed by atoms with Gasteiger partial charge in [0.05, 0.1) is 11.4 Å². The molecule has 0 fully saturated rings. The Morgan fingerprint density at radius 1 is 0.862 bits per heavy atom. The topological polar surface area (TPSA) is 49.8 Å². The summed E-state index contributed by atoms with van der Waals surface area (Å²) in [5.41, 5.74) is 8.26. The Balaban J connectivity index is 1.53. The Hall–Kier alpha value is -2.98. The first-order valence-corrected chi connectivity index (χ1v) is 10.2. The number of rotatable bonds is 10. The van der Waals surface area contributed by atoms with Gasteiger partial charge in [0.15, 0.2) is 0 Å². The number of nitrogens with zero attached hydrogens (tertiary/aromatic N) is 2. The first-order chi connectivity index (χ1) is 14.1. The summed E-state index contributed by atoms with van der Waals surface area (Å²) >= 11 is 0. The molecule has 0 bridgehead atoms. The Morgan fingerprint density at radius 3 is 2.34 bits per heavy atom. The minimum atomic E-state index is 0.726. The van der Waals surface area contributed by atoms with Crippen LogP contribution in [0.4, 0.5) is 0 Å². The largest absolute Gasteiger partial charge is 0.388 e. The van der Waals surface area contributed by atoms with Crippen LogP contribution in [0.5, 0.6) is 0 Å². The summed E-state index contributed by atoms with van der Waals surface area (Å²) in [4.78, 5) is 0. The number of nitrogens with one attached hydrogen (secondary N) is 2. The van der Waals surface area contributed by atoms with E-state index in [-0.39, 0.29) is 0 Å². The Bertz CT molecular complexity index is 917. The molecule has 0 saturated heterocycles. The Kier molecular flexibility index (Phi) is 7.54. The van der Waals surface area contributed by atoms with Crippen LogP contribution in [0.3, 0.4) is 0 Å². The molecule has 0 saturated carbocycles. The molecule has 2 N–H and O–H groups in total. The van der Waals surface area contributed by atoms with Gasteiger partial charge in [-0.25, -0.2) is 0 Å². The maximum Gasteiger partial charge on any atom is 0.0769 e. The lowest BCUT2D eigenvalue weighted by atomic mass is 9.94. The van der Waals surface area contributed by atoms with E-state index in [1.807, 2.05) is 6.92 Å². The highest BCUT2D eigenvalue weighted by molar-refractivity contribution is 5.68. The summed E-state index contributed by atoms with van der Waals surface area (Å²) in [7, 11) is 0. The number of aryl methyl sites for hydroxylation is 2. The van der Waals surface area contributed by atoms with E-state index < -0.39 is 0 Å². The zero-order valence-electron chi connectivity index (χ0n) is 17.4. The SMILES string of the molecule is C=C(C)NCCNCc1ccc(CCc2cccc(-c3ccccc3)c2C)nn1. The van der Waals surface area contributed by atoms with Crippen molar-refractivity contribution >= 4 is 0 Å². The molecule has 0 spiro atoms. The average molecular weight is 387 g/mol. The molecule has 0 radical (unpaired) electrons. The fourth-order valence-corrected chi connectivity index (χ4v) is 3.34. The first-order valence-electron chi connectivity index (χ1n) is 10.2. The van der Waals surface area contributed by atoms with Gasteiger partial charge in [-0.15, -0.1) is 0 Å². The molecule has 0 aliphatic carbocycles. The van der Waals surface area contributed by atoms with Gasteiger partial charge in [-0.3, -0.25) is 0 Å². The van der Waals surface area contributed by atoms with Crippen LogP contribution in [0.2, 0.25) is 0 Å².